The number of benzene rings is 1. The Morgan fingerprint density at radius 3 is 2.55 bits per heavy atom. The van der Waals surface area contributed by atoms with Crippen LogP contribution in [0.5, 0.6) is 0 Å². The molecule has 0 atom stereocenters. The molecule has 0 aliphatic rings. The van der Waals surface area contributed by atoms with Crippen LogP contribution >= 0.6 is 11.6 Å². The maximum absolute atomic E-state index is 11.8. The highest BCUT2D eigenvalue weighted by Crippen LogP contribution is 2.23. The SMILES string of the molecule is O=C(O)CCC(=O)c1cc(-c2cccc(Cl)c2)ccn1. The van der Waals surface area contributed by atoms with E-state index in [2.05, 4.69) is 4.98 Å². The molecule has 1 aromatic heterocycles. The van der Waals surface area contributed by atoms with Crippen LogP contribution in [-0.2, 0) is 4.79 Å². The predicted molar refractivity (Wildman–Crippen MR) is 75.9 cm³/mol. The number of rotatable bonds is 5. The first-order valence-electron chi connectivity index (χ1n) is 6.03. The molecule has 0 fully saturated rings. The van der Waals surface area contributed by atoms with Crippen LogP contribution in [0.2, 0.25) is 5.02 Å². The first kappa shape index (κ1) is 14.2. The summed E-state index contributed by atoms with van der Waals surface area (Å²) in [5.74, 6) is -1.28. The molecule has 0 aliphatic heterocycles. The summed E-state index contributed by atoms with van der Waals surface area (Å²) in [5.41, 5.74) is 1.97. The molecule has 0 unspecified atom stereocenters. The van der Waals surface area contributed by atoms with Crippen molar-refractivity contribution >= 4 is 23.4 Å². The second-order valence-electron chi connectivity index (χ2n) is 4.26. The van der Waals surface area contributed by atoms with E-state index in [1.807, 2.05) is 12.1 Å². The Kier molecular flexibility index (Phi) is 4.48. The number of halogens is 1. The number of nitrogens with zero attached hydrogens (tertiary/aromatic N) is 1. The van der Waals surface area contributed by atoms with Gasteiger partial charge < -0.3 is 5.11 Å². The summed E-state index contributed by atoms with van der Waals surface area (Å²) in [5, 5.41) is 9.19. The summed E-state index contributed by atoms with van der Waals surface area (Å²) >= 11 is 5.93. The van der Waals surface area contributed by atoms with Crippen molar-refractivity contribution < 1.29 is 14.7 Å². The van der Waals surface area contributed by atoms with Crippen LogP contribution in [0.3, 0.4) is 0 Å². The summed E-state index contributed by atoms with van der Waals surface area (Å²) in [4.78, 5) is 26.3. The molecule has 2 aromatic rings. The van der Waals surface area contributed by atoms with Crippen LogP contribution in [0.1, 0.15) is 23.3 Å². The zero-order valence-electron chi connectivity index (χ0n) is 10.5. The maximum Gasteiger partial charge on any atom is 0.303 e. The third-order valence-electron chi connectivity index (χ3n) is 2.77. The fourth-order valence-corrected chi connectivity index (χ4v) is 1.97. The Labute approximate surface area is 121 Å². The molecular weight excluding hydrogens is 278 g/mol. The molecule has 102 valence electrons. The molecule has 0 spiro atoms. The first-order chi connectivity index (χ1) is 9.56. The van der Waals surface area contributed by atoms with Gasteiger partial charge in [0.25, 0.3) is 0 Å². The van der Waals surface area contributed by atoms with Gasteiger partial charge in [-0.1, -0.05) is 23.7 Å². The molecule has 5 heteroatoms. The second kappa shape index (κ2) is 6.30. The van der Waals surface area contributed by atoms with E-state index in [1.54, 1.807) is 24.3 Å². The van der Waals surface area contributed by atoms with Crippen molar-refractivity contribution in [2.75, 3.05) is 0 Å². The van der Waals surface area contributed by atoms with Crippen molar-refractivity contribution in [1.29, 1.82) is 0 Å². The molecule has 1 heterocycles. The standard InChI is InChI=1S/C15H12ClNO3/c16-12-3-1-2-10(8-12)11-6-7-17-13(9-11)14(18)4-5-15(19)20/h1-3,6-9H,4-5H2,(H,19,20). The van der Waals surface area contributed by atoms with Gasteiger partial charge in [0.15, 0.2) is 5.78 Å². The van der Waals surface area contributed by atoms with Crippen LogP contribution in [0.4, 0.5) is 0 Å². The monoisotopic (exact) mass is 289 g/mol. The van der Waals surface area contributed by atoms with Gasteiger partial charge in [-0.3, -0.25) is 14.6 Å². The van der Waals surface area contributed by atoms with E-state index in [4.69, 9.17) is 16.7 Å². The molecular formula is C15H12ClNO3. The van der Waals surface area contributed by atoms with E-state index >= 15 is 0 Å². The summed E-state index contributed by atoms with van der Waals surface area (Å²) in [7, 11) is 0. The minimum absolute atomic E-state index is 0.0542. The lowest BCUT2D eigenvalue weighted by Crippen LogP contribution is -2.05. The Morgan fingerprint density at radius 2 is 1.85 bits per heavy atom. The summed E-state index contributed by atoms with van der Waals surface area (Å²) in [6.07, 6.45) is 1.29. The Balaban J connectivity index is 2.24. The maximum atomic E-state index is 11.8. The summed E-state index contributed by atoms with van der Waals surface area (Å²) in [6, 6.07) is 10.7. The first-order valence-corrected chi connectivity index (χ1v) is 6.41. The fraction of sp³-hybridized carbons (Fsp3) is 0.133. The molecule has 1 aromatic carbocycles. The average molecular weight is 290 g/mol. The number of carbonyl (C=O) groups is 2. The van der Waals surface area contributed by atoms with Gasteiger partial charge in [-0.05, 0) is 35.4 Å². The average Bonchev–Trinajstić information content (AvgIpc) is 2.45. The lowest BCUT2D eigenvalue weighted by molar-refractivity contribution is -0.136. The molecule has 0 saturated carbocycles. The lowest BCUT2D eigenvalue weighted by Gasteiger charge is -2.04. The van der Waals surface area contributed by atoms with Crippen LogP contribution in [0.25, 0.3) is 11.1 Å². The van der Waals surface area contributed by atoms with Crippen LogP contribution < -0.4 is 0 Å². The van der Waals surface area contributed by atoms with Crippen molar-refractivity contribution in [2.24, 2.45) is 0 Å². The number of hydrogen-bond donors (Lipinski definition) is 1. The molecule has 0 aliphatic carbocycles. The zero-order valence-corrected chi connectivity index (χ0v) is 11.3. The van der Waals surface area contributed by atoms with Gasteiger partial charge in [0, 0.05) is 17.6 Å². The van der Waals surface area contributed by atoms with E-state index < -0.39 is 5.97 Å². The highest BCUT2D eigenvalue weighted by Gasteiger charge is 2.11. The number of pyridine rings is 1. The smallest absolute Gasteiger partial charge is 0.303 e. The van der Waals surface area contributed by atoms with Crippen molar-refractivity contribution in [1.82, 2.24) is 4.98 Å². The largest absolute Gasteiger partial charge is 0.481 e. The number of carboxylic acids is 1. The third-order valence-corrected chi connectivity index (χ3v) is 3.00. The number of hydrogen-bond acceptors (Lipinski definition) is 3. The van der Waals surface area contributed by atoms with E-state index in [1.165, 1.54) is 6.20 Å². The Hall–Kier alpha value is -2.20. The molecule has 4 nitrogen and oxygen atoms in total. The van der Waals surface area contributed by atoms with Gasteiger partial charge in [-0.25, -0.2) is 0 Å². The number of aliphatic carboxylic acids is 1. The van der Waals surface area contributed by atoms with Gasteiger partial charge in [0.1, 0.15) is 5.69 Å². The number of carbonyl (C=O) groups excluding carboxylic acids is 1. The van der Waals surface area contributed by atoms with Crippen molar-refractivity contribution in [3.8, 4) is 11.1 Å². The highest BCUT2D eigenvalue weighted by molar-refractivity contribution is 6.30. The van der Waals surface area contributed by atoms with Crippen molar-refractivity contribution in [2.45, 2.75) is 12.8 Å². The highest BCUT2D eigenvalue weighted by atomic mass is 35.5. The zero-order chi connectivity index (χ0) is 14.5. The molecule has 0 saturated heterocycles. The molecule has 0 amide bonds. The second-order valence-corrected chi connectivity index (χ2v) is 4.69. The lowest BCUT2D eigenvalue weighted by atomic mass is 10.0. The summed E-state index contributed by atoms with van der Waals surface area (Å²) < 4.78 is 0. The molecule has 20 heavy (non-hydrogen) atoms. The Morgan fingerprint density at radius 1 is 1.10 bits per heavy atom. The van der Waals surface area contributed by atoms with Crippen LogP contribution in [0.15, 0.2) is 42.6 Å². The third kappa shape index (κ3) is 3.65. The fourth-order valence-electron chi connectivity index (χ4n) is 1.78. The predicted octanol–water partition coefficient (Wildman–Crippen LogP) is 3.45. The summed E-state index contributed by atoms with van der Waals surface area (Å²) in [6.45, 7) is 0. The molecule has 0 bridgehead atoms. The number of Topliss-reactive ketones (excluding diaryl/α,β-unsaturated/α-hetero) is 1. The minimum Gasteiger partial charge on any atom is -0.481 e. The number of carboxylic acid groups (broad SMARTS) is 1. The molecule has 0 radical (unpaired) electrons. The van der Waals surface area contributed by atoms with Gasteiger partial charge in [-0.2, -0.15) is 0 Å². The Bertz CT molecular complexity index is 655. The van der Waals surface area contributed by atoms with Gasteiger partial charge in [0.05, 0.1) is 6.42 Å². The van der Waals surface area contributed by atoms with Crippen LogP contribution in [0, 0.1) is 0 Å². The van der Waals surface area contributed by atoms with Crippen LogP contribution in [-0.4, -0.2) is 21.8 Å². The molecule has 2 rings (SSSR count). The molecule has 1 N–H and O–H groups in total. The normalized spacial score (nSPS) is 10.2. The van der Waals surface area contributed by atoms with E-state index in [0.29, 0.717) is 5.02 Å². The van der Waals surface area contributed by atoms with Crippen molar-refractivity contribution in [3.63, 3.8) is 0 Å². The quantitative estimate of drug-likeness (QED) is 0.856. The van der Waals surface area contributed by atoms with Crippen molar-refractivity contribution in [3.05, 3.63) is 53.3 Å². The van der Waals surface area contributed by atoms with E-state index in [0.717, 1.165) is 11.1 Å². The topological polar surface area (TPSA) is 67.3 Å². The van der Waals surface area contributed by atoms with Gasteiger partial charge >= 0.3 is 5.97 Å². The van der Waals surface area contributed by atoms with E-state index in [9.17, 15) is 9.59 Å². The minimum atomic E-state index is -0.996. The number of aromatic nitrogens is 1. The van der Waals surface area contributed by atoms with Gasteiger partial charge in [0.2, 0.25) is 0 Å². The van der Waals surface area contributed by atoms with Gasteiger partial charge in [-0.15, -0.1) is 0 Å². The number of ketones is 1. The van der Waals surface area contributed by atoms with E-state index in [-0.39, 0.29) is 24.3 Å².